The van der Waals surface area contributed by atoms with Crippen molar-refractivity contribution in [3.63, 3.8) is 0 Å². The lowest BCUT2D eigenvalue weighted by molar-refractivity contribution is 0.598. The van der Waals surface area contributed by atoms with Crippen molar-refractivity contribution in [3.8, 4) is 22.4 Å². The van der Waals surface area contributed by atoms with E-state index in [1.165, 1.54) is 12.1 Å². The molecule has 0 saturated heterocycles. The second kappa shape index (κ2) is 6.42. The van der Waals surface area contributed by atoms with Gasteiger partial charge in [-0.15, -0.1) is 0 Å². The Labute approximate surface area is 146 Å². The van der Waals surface area contributed by atoms with Gasteiger partial charge in [0.1, 0.15) is 11.5 Å². The van der Waals surface area contributed by atoms with Crippen LogP contribution >= 0.6 is 0 Å². The highest BCUT2D eigenvalue weighted by atomic mass is 32.2. The first-order chi connectivity index (χ1) is 11.8. The molecule has 0 atom stereocenters. The van der Waals surface area contributed by atoms with E-state index in [2.05, 4.69) is 5.10 Å². The van der Waals surface area contributed by atoms with Crippen molar-refractivity contribution >= 4 is 10.0 Å². The quantitative estimate of drug-likeness (QED) is 0.776. The third-order valence-corrected chi connectivity index (χ3v) is 4.99. The summed E-state index contributed by atoms with van der Waals surface area (Å²) in [6, 6.07) is 11.3. The molecular weight excluding hydrogens is 341 g/mol. The van der Waals surface area contributed by atoms with E-state index in [-0.39, 0.29) is 10.7 Å². The number of rotatable bonds is 4. The molecule has 0 saturated carbocycles. The molecule has 1 aromatic heterocycles. The van der Waals surface area contributed by atoms with Crippen molar-refractivity contribution in [1.29, 1.82) is 0 Å². The molecule has 0 unspecified atom stereocenters. The average Bonchev–Trinajstić information content (AvgIpc) is 3.01. The van der Waals surface area contributed by atoms with E-state index in [0.29, 0.717) is 34.5 Å². The number of sulfonamides is 1. The van der Waals surface area contributed by atoms with Crippen LogP contribution in [0.3, 0.4) is 0 Å². The summed E-state index contributed by atoms with van der Waals surface area (Å²) in [5, 5.41) is 9.82. The molecule has 0 aliphatic heterocycles. The van der Waals surface area contributed by atoms with E-state index in [4.69, 9.17) is 5.14 Å². The van der Waals surface area contributed by atoms with E-state index in [1.54, 1.807) is 48.1 Å². The van der Waals surface area contributed by atoms with Crippen LogP contribution in [-0.2, 0) is 16.6 Å². The van der Waals surface area contributed by atoms with Crippen molar-refractivity contribution in [2.45, 2.75) is 25.3 Å². The number of aromatic nitrogens is 2. The standard InChI is InChI=1S/C18H18FN3O2S/c1-3-22-11-15(13-9-8-12(2)16(19)10-13)18(21-22)14-6-4-5-7-17(14)25(20,23)24/h4-11H,3H2,1-2H3,(H2,20,23,24). The van der Waals surface area contributed by atoms with E-state index >= 15 is 0 Å². The van der Waals surface area contributed by atoms with Crippen LogP contribution < -0.4 is 5.14 Å². The molecule has 0 bridgehead atoms. The summed E-state index contributed by atoms with van der Waals surface area (Å²) in [7, 11) is -3.92. The fourth-order valence-electron chi connectivity index (χ4n) is 2.66. The zero-order valence-electron chi connectivity index (χ0n) is 13.9. The lowest BCUT2D eigenvalue weighted by atomic mass is 10.0. The summed E-state index contributed by atoms with van der Waals surface area (Å²) in [6.07, 6.45) is 1.78. The number of aryl methyl sites for hydroxylation is 2. The van der Waals surface area contributed by atoms with Crippen molar-refractivity contribution in [2.75, 3.05) is 0 Å². The van der Waals surface area contributed by atoms with Gasteiger partial charge in [-0.1, -0.05) is 30.3 Å². The molecule has 7 heteroatoms. The molecule has 25 heavy (non-hydrogen) atoms. The predicted octanol–water partition coefficient (Wildman–Crippen LogP) is 3.33. The molecule has 2 aromatic carbocycles. The van der Waals surface area contributed by atoms with Gasteiger partial charge in [-0.2, -0.15) is 5.10 Å². The molecule has 3 aromatic rings. The fraction of sp³-hybridized carbons (Fsp3) is 0.167. The third-order valence-electron chi connectivity index (χ3n) is 4.02. The third kappa shape index (κ3) is 3.33. The van der Waals surface area contributed by atoms with E-state index < -0.39 is 10.0 Å². The smallest absolute Gasteiger partial charge is 0.238 e. The van der Waals surface area contributed by atoms with Gasteiger partial charge in [-0.3, -0.25) is 4.68 Å². The lowest BCUT2D eigenvalue weighted by Crippen LogP contribution is -2.13. The van der Waals surface area contributed by atoms with E-state index in [9.17, 15) is 12.8 Å². The van der Waals surface area contributed by atoms with Crippen LogP contribution in [0.15, 0.2) is 53.6 Å². The van der Waals surface area contributed by atoms with Crippen LogP contribution in [0, 0.1) is 12.7 Å². The summed E-state index contributed by atoms with van der Waals surface area (Å²) >= 11 is 0. The Hall–Kier alpha value is -2.51. The van der Waals surface area contributed by atoms with E-state index in [1.807, 2.05) is 6.92 Å². The monoisotopic (exact) mass is 359 g/mol. The van der Waals surface area contributed by atoms with Gasteiger partial charge in [0.05, 0.1) is 4.90 Å². The topological polar surface area (TPSA) is 78.0 Å². The van der Waals surface area contributed by atoms with Gasteiger partial charge >= 0.3 is 0 Å². The predicted molar refractivity (Wildman–Crippen MR) is 94.8 cm³/mol. The number of nitrogens with zero attached hydrogens (tertiary/aromatic N) is 2. The van der Waals surface area contributed by atoms with Gasteiger partial charge in [0.15, 0.2) is 0 Å². The normalized spacial score (nSPS) is 11.7. The first kappa shape index (κ1) is 17.3. The molecule has 5 nitrogen and oxygen atoms in total. The Balaban J connectivity index is 2.28. The van der Waals surface area contributed by atoms with Gasteiger partial charge in [-0.05, 0) is 37.1 Å². The molecule has 130 valence electrons. The molecule has 0 amide bonds. The van der Waals surface area contributed by atoms with Crippen molar-refractivity contribution in [3.05, 3.63) is 60.0 Å². The number of nitrogens with two attached hydrogens (primary N) is 1. The van der Waals surface area contributed by atoms with Crippen LogP contribution in [0.2, 0.25) is 0 Å². The highest BCUT2D eigenvalue weighted by molar-refractivity contribution is 7.89. The Morgan fingerprint density at radius 2 is 1.88 bits per heavy atom. The average molecular weight is 359 g/mol. The number of hydrogen-bond acceptors (Lipinski definition) is 3. The summed E-state index contributed by atoms with van der Waals surface area (Å²) in [5.41, 5.74) is 2.67. The maximum atomic E-state index is 14.0. The largest absolute Gasteiger partial charge is 0.272 e. The molecule has 0 fully saturated rings. The lowest BCUT2D eigenvalue weighted by Gasteiger charge is -2.08. The van der Waals surface area contributed by atoms with Gasteiger partial charge in [0, 0.05) is 23.9 Å². The second-order valence-corrected chi connectivity index (χ2v) is 7.28. The van der Waals surface area contributed by atoms with Crippen molar-refractivity contribution < 1.29 is 12.8 Å². The first-order valence-electron chi connectivity index (χ1n) is 7.77. The van der Waals surface area contributed by atoms with Crippen LogP contribution in [0.4, 0.5) is 4.39 Å². The number of halogens is 1. The molecule has 0 aliphatic carbocycles. The summed E-state index contributed by atoms with van der Waals surface area (Å²) in [4.78, 5) is -0.00909. The fourth-order valence-corrected chi connectivity index (χ4v) is 3.40. The molecule has 0 aliphatic rings. The van der Waals surface area contributed by atoms with E-state index in [0.717, 1.165) is 0 Å². The van der Waals surface area contributed by atoms with Crippen LogP contribution in [0.5, 0.6) is 0 Å². The Morgan fingerprint density at radius 3 is 2.52 bits per heavy atom. The van der Waals surface area contributed by atoms with Crippen molar-refractivity contribution in [1.82, 2.24) is 9.78 Å². The summed E-state index contributed by atoms with van der Waals surface area (Å²) in [5.74, 6) is -0.326. The summed E-state index contributed by atoms with van der Waals surface area (Å²) in [6.45, 7) is 4.20. The van der Waals surface area contributed by atoms with Gasteiger partial charge in [-0.25, -0.2) is 17.9 Å². The number of benzene rings is 2. The Kier molecular flexibility index (Phi) is 4.45. The van der Waals surface area contributed by atoms with Gasteiger partial charge < -0.3 is 0 Å². The minimum atomic E-state index is -3.92. The molecule has 1 heterocycles. The zero-order chi connectivity index (χ0) is 18.2. The first-order valence-corrected chi connectivity index (χ1v) is 9.32. The van der Waals surface area contributed by atoms with Gasteiger partial charge in [0.2, 0.25) is 10.0 Å². The van der Waals surface area contributed by atoms with Crippen LogP contribution in [0.1, 0.15) is 12.5 Å². The maximum Gasteiger partial charge on any atom is 0.238 e. The van der Waals surface area contributed by atoms with Crippen molar-refractivity contribution in [2.24, 2.45) is 5.14 Å². The maximum absolute atomic E-state index is 14.0. The van der Waals surface area contributed by atoms with Gasteiger partial charge in [0.25, 0.3) is 0 Å². The highest BCUT2D eigenvalue weighted by Gasteiger charge is 2.21. The Bertz CT molecular complexity index is 1040. The number of hydrogen-bond donors (Lipinski definition) is 1. The number of primary sulfonamides is 1. The Morgan fingerprint density at radius 1 is 1.16 bits per heavy atom. The minimum Gasteiger partial charge on any atom is -0.272 e. The molecule has 3 rings (SSSR count). The molecule has 0 radical (unpaired) electrons. The van der Waals surface area contributed by atoms with Crippen LogP contribution in [-0.4, -0.2) is 18.2 Å². The molecular formula is C18H18FN3O2S. The van der Waals surface area contributed by atoms with Crippen LogP contribution in [0.25, 0.3) is 22.4 Å². The summed E-state index contributed by atoms with van der Waals surface area (Å²) < 4.78 is 39.6. The minimum absolute atomic E-state index is 0.00909. The second-order valence-electron chi connectivity index (χ2n) is 5.75. The zero-order valence-corrected chi connectivity index (χ0v) is 14.7. The molecule has 2 N–H and O–H groups in total. The highest BCUT2D eigenvalue weighted by Crippen LogP contribution is 2.34. The molecule has 0 spiro atoms. The SMILES string of the molecule is CCn1cc(-c2ccc(C)c(F)c2)c(-c2ccccc2S(N)(=O)=O)n1.